The second-order valence-electron chi connectivity index (χ2n) is 4.04. The van der Waals surface area contributed by atoms with Gasteiger partial charge in [-0.3, -0.25) is 4.90 Å². The lowest BCUT2D eigenvalue weighted by Gasteiger charge is -2.36. The molecular formula is C9H16F4N2. The molecular weight excluding hydrogens is 212 g/mol. The minimum atomic E-state index is -4.46. The van der Waals surface area contributed by atoms with Gasteiger partial charge in [-0.15, -0.1) is 0 Å². The van der Waals surface area contributed by atoms with E-state index in [0.717, 1.165) is 6.92 Å². The highest BCUT2D eigenvalue weighted by Gasteiger charge is 2.44. The molecule has 0 aromatic carbocycles. The van der Waals surface area contributed by atoms with Crippen LogP contribution in [0.25, 0.3) is 0 Å². The highest BCUT2D eigenvalue weighted by molar-refractivity contribution is 4.77. The second-order valence-corrected chi connectivity index (χ2v) is 4.04. The topological polar surface area (TPSA) is 6.48 Å². The van der Waals surface area contributed by atoms with Crippen molar-refractivity contribution in [2.45, 2.75) is 19.4 Å². The average Bonchev–Trinajstić information content (AvgIpc) is 2.15. The van der Waals surface area contributed by atoms with Crippen molar-refractivity contribution in [2.24, 2.45) is 5.92 Å². The van der Waals surface area contributed by atoms with Gasteiger partial charge in [-0.2, -0.15) is 13.2 Å². The maximum atomic E-state index is 13.5. The van der Waals surface area contributed by atoms with Crippen LogP contribution in [0.4, 0.5) is 17.6 Å². The first-order chi connectivity index (χ1) is 6.82. The fraction of sp³-hybridized carbons (Fsp3) is 1.00. The monoisotopic (exact) mass is 228 g/mol. The van der Waals surface area contributed by atoms with E-state index in [0.29, 0.717) is 26.2 Å². The molecule has 1 saturated heterocycles. The van der Waals surface area contributed by atoms with Gasteiger partial charge in [0.25, 0.3) is 0 Å². The quantitative estimate of drug-likeness (QED) is 0.524. The molecule has 0 saturated carbocycles. The van der Waals surface area contributed by atoms with Gasteiger partial charge in [-0.25, -0.2) is 4.39 Å². The van der Waals surface area contributed by atoms with Crippen molar-refractivity contribution in [3.63, 3.8) is 0 Å². The van der Waals surface area contributed by atoms with E-state index in [1.54, 1.807) is 0 Å². The number of alkyl halides is 4. The third-order valence-corrected chi connectivity index (χ3v) is 2.82. The average molecular weight is 228 g/mol. The molecule has 0 aliphatic carbocycles. The van der Waals surface area contributed by atoms with Crippen molar-refractivity contribution in [3.8, 4) is 0 Å². The SMILES string of the molecule is CC(C(F)N1CCN(C)CC1)C(F)(F)F. The molecule has 0 spiro atoms. The van der Waals surface area contributed by atoms with Gasteiger partial charge in [0.15, 0.2) is 6.30 Å². The molecule has 0 aromatic heterocycles. The molecule has 15 heavy (non-hydrogen) atoms. The van der Waals surface area contributed by atoms with E-state index in [4.69, 9.17) is 0 Å². The van der Waals surface area contributed by atoms with Crippen LogP contribution in [0.5, 0.6) is 0 Å². The number of likely N-dealkylation sites (N-methyl/N-ethyl adjacent to an activating group) is 1. The summed E-state index contributed by atoms with van der Waals surface area (Å²) in [6.07, 6.45) is -6.37. The molecule has 0 aromatic rings. The number of hydrogen-bond acceptors (Lipinski definition) is 2. The Bertz CT molecular complexity index is 199. The third-order valence-electron chi connectivity index (χ3n) is 2.82. The van der Waals surface area contributed by atoms with Crippen molar-refractivity contribution < 1.29 is 17.6 Å². The van der Waals surface area contributed by atoms with E-state index in [1.165, 1.54) is 4.90 Å². The summed E-state index contributed by atoms with van der Waals surface area (Å²) >= 11 is 0. The van der Waals surface area contributed by atoms with E-state index < -0.39 is 18.4 Å². The largest absolute Gasteiger partial charge is 0.395 e. The maximum Gasteiger partial charge on any atom is 0.395 e. The molecule has 1 heterocycles. The molecule has 0 bridgehead atoms. The molecule has 1 fully saturated rings. The van der Waals surface area contributed by atoms with Gasteiger partial charge in [0.05, 0.1) is 5.92 Å². The van der Waals surface area contributed by atoms with Crippen LogP contribution in [0.2, 0.25) is 0 Å². The first kappa shape index (κ1) is 12.7. The van der Waals surface area contributed by atoms with Gasteiger partial charge in [0, 0.05) is 26.2 Å². The molecule has 1 rings (SSSR count). The Morgan fingerprint density at radius 2 is 1.53 bits per heavy atom. The molecule has 0 amide bonds. The summed E-state index contributed by atoms with van der Waals surface area (Å²) in [6.45, 7) is 2.84. The zero-order valence-electron chi connectivity index (χ0n) is 8.89. The molecule has 6 heteroatoms. The summed E-state index contributed by atoms with van der Waals surface area (Å²) in [6, 6.07) is 0. The maximum absolute atomic E-state index is 13.5. The van der Waals surface area contributed by atoms with Crippen LogP contribution in [-0.4, -0.2) is 55.5 Å². The number of halogens is 4. The summed E-state index contributed by atoms with van der Waals surface area (Å²) in [5.41, 5.74) is 0. The van der Waals surface area contributed by atoms with E-state index in [9.17, 15) is 17.6 Å². The predicted molar refractivity (Wildman–Crippen MR) is 49.2 cm³/mol. The van der Waals surface area contributed by atoms with Crippen LogP contribution in [-0.2, 0) is 0 Å². The molecule has 2 nitrogen and oxygen atoms in total. The smallest absolute Gasteiger partial charge is 0.304 e. The Balaban J connectivity index is 2.50. The van der Waals surface area contributed by atoms with E-state index in [-0.39, 0.29) is 0 Å². The fourth-order valence-electron chi connectivity index (χ4n) is 1.54. The molecule has 2 unspecified atom stereocenters. The molecule has 0 radical (unpaired) electrons. The van der Waals surface area contributed by atoms with Gasteiger partial charge in [-0.05, 0) is 14.0 Å². The normalized spacial score (nSPS) is 25.2. The number of rotatable bonds is 2. The van der Waals surface area contributed by atoms with Gasteiger partial charge in [0.2, 0.25) is 0 Å². The minimum absolute atomic E-state index is 0.359. The standard InChI is InChI=1S/C9H16F4N2/c1-7(9(11,12)13)8(10)15-5-3-14(2)4-6-15/h7-8H,3-6H2,1-2H3. The Hall–Kier alpha value is -0.360. The van der Waals surface area contributed by atoms with Crippen LogP contribution in [0, 0.1) is 5.92 Å². The first-order valence-electron chi connectivity index (χ1n) is 4.95. The Kier molecular flexibility index (Phi) is 3.94. The summed E-state index contributed by atoms with van der Waals surface area (Å²) in [7, 11) is 1.87. The van der Waals surface area contributed by atoms with Gasteiger partial charge in [-0.1, -0.05) is 0 Å². The fourth-order valence-corrected chi connectivity index (χ4v) is 1.54. The van der Waals surface area contributed by atoms with E-state index in [2.05, 4.69) is 0 Å². The highest BCUT2D eigenvalue weighted by atomic mass is 19.4. The zero-order valence-corrected chi connectivity index (χ0v) is 8.89. The Morgan fingerprint density at radius 1 is 1.07 bits per heavy atom. The van der Waals surface area contributed by atoms with Crippen molar-refractivity contribution in [1.82, 2.24) is 9.80 Å². The van der Waals surface area contributed by atoms with Gasteiger partial charge >= 0.3 is 6.18 Å². The molecule has 90 valence electrons. The lowest BCUT2D eigenvalue weighted by atomic mass is 10.1. The lowest BCUT2D eigenvalue weighted by molar-refractivity contribution is -0.204. The number of nitrogens with zero attached hydrogens (tertiary/aromatic N) is 2. The van der Waals surface area contributed by atoms with Gasteiger partial charge in [0.1, 0.15) is 0 Å². The van der Waals surface area contributed by atoms with Crippen molar-refractivity contribution in [2.75, 3.05) is 33.2 Å². The van der Waals surface area contributed by atoms with Crippen molar-refractivity contribution >= 4 is 0 Å². The van der Waals surface area contributed by atoms with Crippen molar-refractivity contribution in [1.29, 1.82) is 0 Å². The summed E-state index contributed by atoms with van der Waals surface area (Å²) in [4.78, 5) is 3.24. The number of hydrogen-bond donors (Lipinski definition) is 0. The van der Waals surface area contributed by atoms with Crippen LogP contribution in [0.15, 0.2) is 0 Å². The number of piperazine rings is 1. The summed E-state index contributed by atoms with van der Waals surface area (Å²) in [5.74, 6) is -1.92. The Labute approximate surface area is 86.8 Å². The van der Waals surface area contributed by atoms with Crippen molar-refractivity contribution in [3.05, 3.63) is 0 Å². The van der Waals surface area contributed by atoms with Crippen LogP contribution in [0.1, 0.15) is 6.92 Å². The Morgan fingerprint density at radius 3 is 1.93 bits per heavy atom. The zero-order chi connectivity index (χ0) is 11.6. The van der Waals surface area contributed by atoms with Crippen LogP contribution >= 0.6 is 0 Å². The highest BCUT2D eigenvalue weighted by Crippen LogP contribution is 2.31. The first-order valence-corrected chi connectivity index (χ1v) is 4.95. The summed E-state index contributed by atoms with van der Waals surface area (Å²) in [5, 5.41) is 0. The van der Waals surface area contributed by atoms with E-state index >= 15 is 0 Å². The lowest BCUT2D eigenvalue weighted by Crippen LogP contribution is -2.51. The van der Waals surface area contributed by atoms with Crippen LogP contribution in [0.3, 0.4) is 0 Å². The third kappa shape index (κ3) is 3.31. The predicted octanol–water partition coefficient (Wildman–Crippen LogP) is 1.73. The summed E-state index contributed by atoms with van der Waals surface area (Å²) < 4.78 is 50.3. The van der Waals surface area contributed by atoms with Gasteiger partial charge < -0.3 is 4.90 Å². The van der Waals surface area contributed by atoms with E-state index in [1.807, 2.05) is 11.9 Å². The molecule has 2 atom stereocenters. The molecule has 1 aliphatic rings. The minimum Gasteiger partial charge on any atom is -0.304 e. The second kappa shape index (κ2) is 4.65. The van der Waals surface area contributed by atoms with Crippen LogP contribution < -0.4 is 0 Å². The molecule has 0 N–H and O–H groups in total. The molecule has 1 aliphatic heterocycles.